The Hall–Kier alpha value is -2.57. The summed E-state index contributed by atoms with van der Waals surface area (Å²) >= 11 is 0. The summed E-state index contributed by atoms with van der Waals surface area (Å²) in [5.41, 5.74) is -0.234. The molecular weight excluding hydrogens is 328 g/mol. The number of pyridine rings is 1. The monoisotopic (exact) mass is 345 g/mol. The van der Waals surface area contributed by atoms with Gasteiger partial charge >= 0.3 is 0 Å². The van der Waals surface area contributed by atoms with Crippen LogP contribution >= 0.6 is 0 Å². The van der Waals surface area contributed by atoms with Crippen LogP contribution in [0.15, 0.2) is 36.5 Å². The number of rotatable bonds is 1. The maximum absolute atomic E-state index is 14.3. The first kappa shape index (κ1) is 15.9. The average molecular weight is 345 g/mol. The molecule has 1 N–H and O–H groups in total. The Morgan fingerprint density at radius 2 is 2.00 bits per heavy atom. The van der Waals surface area contributed by atoms with Crippen LogP contribution in [0.2, 0.25) is 0 Å². The van der Waals surface area contributed by atoms with E-state index in [0.29, 0.717) is 29.4 Å². The van der Waals surface area contributed by atoms with Gasteiger partial charge in [-0.3, -0.25) is 14.6 Å². The van der Waals surface area contributed by atoms with Crippen LogP contribution in [0.3, 0.4) is 0 Å². The van der Waals surface area contributed by atoms with Crippen molar-refractivity contribution in [1.82, 2.24) is 15.2 Å². The summed E-state index contributed by atoms with van der Waals surface area (Å²) in [6.07, 6.45) is 1.31. The second kappa shape index (κ2) is 5.47. The molecule has 2 amide bonds. The molecule has 5 nitrogen and oxygen atoms in total. The fraction of sp³-hybridized carbons (Fsp3) is 0.389. The molecule has 2 aliphatic heterocycles. The molecule has 25 heavy (non-hydrogen) atoms. The maximum Gasteiger partial charge on any atom is 0.266 e. The molecule has 0 bridgehead atoms. The molecule has 0 saturated carbocycles. The van der Waals surface area contributed by atoms with E-state index in [9.17, 15) is 18.4 Å². The SMILES string of the molecule is O=C(c1ccnc2ccccc12)N1CC(F)(F)C[C@@]2(CCNC2=O)C1. The summed E-state index contributed by atoms with van der Waals surface area (Å²) in [4.78, 5) is 30.5. The predicted octanol–water partition coefficient (Wildman–Crippen LogP) is 2.22. The van der Waals surface area contributed by atoms with E-state index >= 15 is 0 Å². The van der Waals surface area contributed by atoms with Gasteiger partial charge in [-0.1, -0.05) is 18.2 Å². The topological polar surface area (TPSA) is 62.3 Å². The molecule has 2 aliphatic rings. The lowest BCUT2D eigenvalue weighted by Gasteiger charge is -2.42. The van der Waals surface area contributed by atoms with Crippen molar-refractivity contribution in [2.45, 2.75) is 18.8 Å². The first-order valence-electron chi connectivity index (χ1n) is 8.19. The summed E-state index contributed by atoms with van der Waals surface area (Å²) in [5, 5.41) is 3.25. The van der Waals surface area contributed by atoms with Crippen LogP contribution < -0.4 is 5.32 Å². The van der Waals surface area contributed by atoms with Crippen LogP contribution in [0, 0.1) is 5.41 Å². The molecule has 7 heteroatoms. The molecule has 2 saturated heterocycles. The molecule has 0 unspecified atom stereocenters. The van der Waals surface area contributed by atoms with Gasteiger partial charge in [0.15, 0.2) is 0 Å². The van der Waals surface area contributed by atoms with Crippen molar-refractivity contribution in [1.29, 1.82) is 0 Å². The zero-order chi connectivity index (χ0) is 17.7. The van der Waals surface area contributed by atoms with E-state index in [2.05, 4.69) is 10.3 Å². The lowest BCUT2D eigenvalue weighted by molar-refractivity contribution is -0.144. The van der Waals surface area contributed by atoms with E-state index < -0.39 is 30.2 Å². The number of aromatic nitrogens is 1. The molecule has 2 aromatic rings. The number of benzene rings is 1. The summed E-state index contributed by atoms with van der Waals surface area (Å²) in [5.74, 6) is -3.96. The average Bonchev–Trinajstić information content (AvgIpc) is 2.91. The molecule has 3 heterocycles. The molecular formula is C18H17F2N3O2. The van der Waals surface area contributed by atoms with Crippen molar-refractivity contribution in [3.8, 4) is 0 Å². The highest BCUT2D eigenvalue weighted by atomic mass is 19.3. The highest BCUT2D eigenvalue weighted by Gasteiger charge is 2.55. The minimum absolute atomic E-state index is 0.0178. The number of amides is 2. The Labute approximate surface area is 143 Å². The summed E-state index contributed by atoms with van der Waals surface area (Å²) in [6, 6.07) is 8.63. The fourth-order valence-electron chi connectivity index (χ4n) is 3.94. The van der Waals surface area contributed by atoms with Gasteiger partial charge in [-0.05, 0) is 18.6 Å². The number of carbonyl (C=O) groups excluding carboxylic acids is 2. The predicted molar refractivity (Wildman–Crippen MR) is 87.3 cm³/mol. The van der Waals surface area contributed by atoms with Crippen LogP contribution in [0.1, 0.15) is 23.2 Å². The van der Waals surface area contributed by atoms with E-state index in [1.54, 1.807) is 30.3 Å². The van der Waals surface area contributed by atoms with E-state index in [4.69, 9.17) is 0 Å². The van der Waals surface area contributed by atoms with Crippen molar-refractivity contribution < 1.29 is 18.4 Å². The van der Waals surface area contributed by atoms with E-state index in [0.717, 1.165) is 4.90 Å². The van der Waals surface area contributed by atoms with Crippen molar-refractivity contribution in [3.05, 3.63) is 42.1 Å². The van der Waals surface area contributed by atoms with Crippen LogP contribution in [0.5, 0.6) is 0 Å². The fourth-order valence-corrected chi connectivity index (χ4v) is 3.94. The second-order valence-electron chi connectivity index (χ2n) is 6.86. The lowest BCUT2D eigenvalue weighted by atomic mass is 9.77. The Bertz CT molecular complexity index is 865. The Balaban J connectivity index is 1.72. The Kier molecular flexibility index (Phi) is 3.49. The summed E-state index contributed by atoms with van der Waals surface area (Å²) < 4.78 is 28.7. The minimum atomic E-state index is -3.08. The number of piperidine rings is 1. The summed E-state index contributed by atoms with van der Waals surface area (Å²) in [6.45, 7) is -0.281. The van der Waals surface area contributed by atoms with Crippen molar-refractivity contribution in [3.63, 3.8) is 0 Å². The van der Waals surface area contributed by atoms with Gasteiger partial charge in [0, 0.05) is 31.1 Å². The molecule has 2 fully saturated rings. The van der Waals surface area contributed by atoms with Crippen LogP contribution in [-0.4, -0.2) is 47.3 Å². The van der Waals surface area contributed by atoms with Gasteiger partial charge in [-0.15, -0.1) is 0 Å². The van der Waals surface area contributed by atoms with Gasteiger partial charge in [0.25, 0.3) is 11.8 Å². The number of carbonyl (C=O) groups is 2. The molecule has 1 aromatic heterocycles. The van der Waals surface area contributed by atoms with Gasteiger partial charge < -0.3 is 10.2 Å². The molecule has 1 atom stereocenters. The summed E-state index contributed by atoms with van der Waals surface area (Å²) in [7, 11) is 0. The number of nitrogens with one attached hydrogen (secondary N) is 1. The number of nitrogens with zero attached hydrogens (tertiary/aromatic N) is 2. The third kappa shape index (κ3) is 2.63. The lowest BCUT2D eigenvalue weighted by Crippen LogP contribution is -2.56. The second-order valence-corrected chi connectivity index (χ2v) is 6.86. The molecule has 0 radical (unpaired) electrons. The van der Waals surface area contributed by atoms with E-state index in [1.165, 1.54) is 6.20 Å². The van der Waals surface area contributed by atoms with Crippen LogP contribution in [-0.2, 0) is 4.79 Å². The van der Waals surface area contributed by atoms with Crippen molar-refractivity contribution in [2.24, 2.45) is 5.41 Å². The third-order valence-corrected chi connectivity index (χ3v) is 5.05. The van der Waals surface area contributed by atoms with Gasteiger partial charge in [0.05, 0.1) is 23.0 Å². The number of hydrogen-bond acceptors (Lipinski definition) is 3. The van der Waals surface area contributed by atoms with Crippen molar-refractivity contribution in [2.75, 3.05) is 19.6 Å². The highest BCUT2D eigenvalue weighted by molar-refractivity contribution is 6.06. The Morgan fingerprint density at radius 1 is 1.20 bits per heavy atom. The van der Waals surface area contributed by atoms with Crippen molar-refractivity contribution >= 4 is 22.7 Å². The molecule has 0 aliphatic carbocycles. The number of likely N-dealkylation sites (tertiary alicyclic amines) is 1. The number of alkyl halides is 2. The number of para-hydroxylation sites is 1. The minimum Gasteiger partial charge on any atom is -0.356 e. The normalized spacial score (nSPS) is 25.4. The molecule has 130 valence electrons. The first-order chi connectivity index (χ1) is 11.9. The largest absolute Gasteiger partial charge is 0.356 e. The number of fused-ring (bicyclic) bond motifs is 1. The van der Waals surface area contributed by atoms with Crippen LogP contribution in [0.4, 0.5) is 8.78 Å². The van der Waals surface area contributed by atoms with Gasteiger partial charge in [0.2, 0.25) is 5.91 Å². The Morgan fingerprint density at radius 3 is 2.76 bits per heavy atom. The van der Waals surface area contributed by atoms with Gasteiger partial charge in [0.1, 0.15) is 0 Å². The molecule has 4 rings (SSSR count). The van der Waals surface area contributed by atoms with Gasteiger partial charge in [-0.2, -0.15) is 0 Å². The quantitative estimate of drug-likeness (QED) is 0.862. The maximum atomic E-state index is 14.3. The standard InChI is InChI=1S/C18H17F2N3O2/c19-18(20)9-17(6-8-22-16(17)25)10-23(11-18)15(24)13-5-7-21-14-4-2-1-3-12(13)14/h1-5,7H,6,8-11H2,(H,22,25)/t17-/m0/s1. The van der Waals surface area contributed by atoms with E-state index in [1.807, 2.05) is 0 Å². The first-order valence-corrected chi connectivity index (χ1v) is 8.19. The smallest absolute Gasteiger partial charge is 0.266 e. The number of halogens is 2. The van der Waals surface area contributed by atoms with Crippen LogP contribution in [0.25, 0.3) is 10.9 Å². The highest BCUT2D eigenvalue weighted by Crippen LogP contribution is 2.43. The zero-order valence-electron chi connectivity index (χ0n) is 13.5. The molecule has 1 aromatic carbocycles. The zero-order valence-corrected chi connectivity index (χ0v) is 13.5. The van der Waals surface area contributed by atoms with Gasteiger partial charge in [-0.25, -0.2) is 8.78 Å². The molecule has 1 spiro atoms. The third-order valence-electron chi connectivity index (χ3n) is 5.05. The van der Waals surface area contributed by atoms with E-state index in [-0.39, 0.29) is 12.5 Å². The number of hydrogen-bond donors (Lipinski definition) is 1.